The van der Waals surface area contributed by atoms with Crippen LogP contribution in [0.15, 0.2) is 12.2 Å². The highest BCUT2D eigenvalue weighted by molar-refractivity contribution is 8.13. The predicted octanol–water partition coefficient (Wildman–Crippen LogP) is 5.87. The first kappa shape index (κ1) is 27.7. The number of nitrogens with one attached hydrogen (secondary N) is 1. The summed E-state index contributed by atoms with van der Waals surface area (Å²) in [5.41, 5.74) is 0. The molecule has 0 rings (SSSR count). The van der Waals surface area contributed by atoms with Gasteiger partial charge in [0.05, 0.1) is 0 Å². The van der Waals surface area contributed by atoms with Gasteiger partial charge in [-0.05, 0) is 32.1 Å². The highest BCUT2D eigenvalue weighted by atomic mass is 32.2. The highest BCUT2D eigenvalue weighted by Gasteiger charge is 2.19. The third-order valence-electron chi connectivity index (χ3n) is 4.73. The Morgan fingerprint density at radius 3 is 1.90 bits per heavy atom. The van der Waals surface area contributed by atoms with Gasteiger partial charge in [-0.1, -0.05) is 82.2 Å². The van der Waals surface area contributed by atoms with Gasteiger partial charge in [0.25, 0.3) is 0 Å². The van der Waals surface area contributed by atoms with E-state index >= 15 is 0 Å². The van der Waals surface area contributed by atoms with Gasteiger partial charge < -0.3 is 10.4 Å². The quantitative estimate of drug-likeness (QED) is 0.199. The van der Waals surface area contributed by atoms with Gasteiger partial charge in [-0.2, -0.15) is 0 Å². The van der Waals surface area contributed by atoms with E-state index in [0.29, 0.717) is 6.42 Å². The van der Waals surface area contributed by atoms with Crippen molar-refractivity contribution in [3.63, 3.8) is 0 Å². The Bertz CT molecular complexity index is 479. The second kappa shape index (κ2) is 20.0. The molecule has 1 amide bonds. The molecule has 6 heteroatoms. The summed E-state index contributed by atoms with van der Waals surface area (Å²) in [4.78, 5) is 33.8. The molecule has 168 valence electrons. The Morgan fingerprint density at radius 2 is 1.38 bits per heavy atom. The van der Waals surface area contributed by atoms with Crippen LogP contribution < -0.4 is 5.32 Å². The van der Waals surface area contributed by atoms with E-state index in [9.17, 15) is 14.4 Å². The first-order chi connectivity index (χ1) is 14.0. The van der Waals surface area contributed by atoms with Crippen molar-refractivity contribution >= 4 is 28.8 Å². The van der Waals surface area contributed by atoms with Gasteiger partial charge in [-0.3, -0.25) is 9.59 Å². The summed E-state index contributed by atoms with van der Waals surface area (Å²) in [6.45, 7) is 3.52. The van der Waals surface area contributed by atoms with Crippen molar-refractivity contribution in [3.05, 3.63) is 12.2 Å². The predicted molar refractivity (Wildman–Crippen MR) is 122 cm³/mol. The molecule has 0 radical (unpaired) electrons. The van der Waals surface area contributed by atoms with Crippen molar-refractivity contribution < 1.29 is 19.5 Å². The Kier molecular flexibility index (Phi) is 19.1. The Labute approximate surface area is 181 Å². The van der Waals surface area contributed by atoms with E-state index in [1.165, 1.54) is 64.7 Å². The molecule has 0 aliphatic rings. The fourth-order valence-corrected chi connectivity index (χ4v) is 3.88. The van der Waals surface area contributed by atoms with Crippen LogP contribution in [0.1, 0.15) is 104 Å². The molecule has 0 saturated heterocycles. The Balaban J connectivity index is 3.49. The van der Waals surface area contributed by atoms with Crippen LogP contribution in [-0.4, -0.2) is 33.9 Å². The van der Waals surface area contributed by atoms with Crippen molar-refractivity contribution in [2.45, 2.75) is 110 Å². The van der Waals surface area contributed by atoms with E-state index in [0.717, 1.165) is 37.4 Å². The number of unbranched alkanes of at least 4 members (excludes halogenated alkanes) is 11. The molecular formula is C23H41NO4S. The van der Waals surface area contributed by atoms with Crippen LogP contribution in [0.2, 0.25) is 0 Å². The molecule has 0 aromatic rings. The van der Waals surface area contributed by atoms with Gasteiger partial charge in [-0.25, -0.2) is 4.79 Å². The number of amides is 1. The largest absolute Gasteiger partial charge is 0.480 e. The van der Waals surface area contributed by atoms with Gasteiger partial charge in [0, 0.05) is 19.1 Å². The van der Waals surface area contributed by atoms with E-state index in [2.05, 4.69) is 24.4 Å². The van der Waals surface area contributed by atoms with Crippen LogP contribution in [0.5, 0.6) is 0 Å². The number of carboxylic acids is 1. The minimum atomic E-state index is -1.11. The van der Waals surface area contributed by atoms with E-state index in [1.54, 1.807) is 0 Å². The number of carboxylic acid groups (broad SMARTS) is 1. The zero-order valence-electron chi connectivity index (χ0n) is 18.4. The summed E-state index contributed by atoms with van der Waals surface area (Å²) < 4.78 is 0. The molecule has 1 atom stereocenters. The lowest BCUT2D eigenvalue weighted by molar-refractivity contribution is -0.140. The van der Waals surface area contributed by atoms with E-state index in [1.807, 2.05) is 0 Å². The van der Waals surface area contributed by atoms with Crippen molar-refractivity contribution in [1.82, 2.24) is 5.32 Å². The van der Waals surface area contributed by atoms with Crippen LogP contribution >= 0.6 is 11.8 Å². The topological polar surface area (TPSA) is 83.5 Å². The lowest BCUT2D eigenvalue weighted by Crippen LogP contribution is -2.41. The standard InChI is InChI=1S/C23H41NO4S/c1-3-4-5-6-7-8-9-10-11-12-13-14-15-16-17-18-22(26)29-19-21(23(27)28)24-20(2)25/h10-11,21H,3-9,12-19H2,1-2H3,(H,24,25)(H,27,28)/b11-10-. The van der Waals surface area contributed by atoms with Crippen molar-refractivity contribution in [1.29, 1.82) is 0 Å². The molecule has 0 saturated carbocycles. The average Bonchev–Trinajstić information content (AvgIpc) is 2.67. The molecule has 29 heavy (non-hydrogen) atoms. The number of carbonyl (C=O) groups is 3. The summed E-state index contributed by atoms with van der Waals surface area (Å²) in [7, 11) is 0. The van der Waals surface area contributed by atoms with Crippen LogP contribution in [0.4, 0.5) is 0 Å². The molecular weight excluding hydrogens is 386 g/mol. The number of thioether (sulfide) groups is 1. The molecule has 0 fully saturated rings. The first-order valence-corrected chi connectivity index (χ1v) is 12.3. The Hall–Kier alpha value is -1.30. The van der Waals surface area contributed by atoms with Gasteiger partial charge in [0.1, 0.15) is 6.04 Å². The van der Waals surface area contributed by atoms with Gasteiger partial charge in [0.15, 0.2) is 5.12 Å². The smallest absolute Gasteiger partial charge is 0.327 e. The number of hydrogen-bond donors (Lipinski definition) is 2. The van der Waals surface area contributed by atoms with E-state index in [-0.39, 0.29) is 10.9 Å². The monoisotopic (exact) mass is 427 g/mol. The summed E-state index contributed by atoms with van der Waals surface area (Å²) in [5.74, 6) is -1.43. The maximum absolute atomic E-state index is 11.8. The minimum absolute atomic E-state index is 0.000713. The number of carbonyl (C=O) groups excluding carboxylic acids is 2. The van der Waals surface area contributed by atoms with Crippen molar-refractivity contribution in [2.24, 2.45) is 0 Å². The molecule has 0 aliphatic heterocycles. The van der Waals surface area contributed by atoms with Gasteiger partial charge >= 0.3 is 5.97 Å². The first-order valence-electron chi connectivity index (χ1n) is 11.3. The maximum atomic E-state index is 11.8. The average molecular weight is 428 g/mol. The normalized spacial score (nSPS) is 12.2. The number of aliphatic carboxylic acids is 1. The SMILES string of the molecule is CCCCCCCC/C=C\CCCCCCCC(=O)SCC(NC(C)=O)C(=O)O. The molecule has 1 unspecified atom stereocenters. The van der Waals surface area contributed by atoms with E-state index in [4.69, 9.17) is 5.11 Å². The second-order valence-electron chi connectivity index (χ2n) is 7.61. The number of allylic oxidation sites excluding steroid dienone is 2. The zero-order valence-corrected chi connectivity index (χ0v) is 19.2. The van der Waals surface area contributed by atoms with Crippen LogP contribution in [0.3, 0.4) is 0 Å². The lowest BCUT2D eigenvalue weighted by atomic mass is 10.1. The molecule has 0 aromatic carbocycles. The fraction of sp³-hybridized carbons (Fsp3) is 0.783. The minimum Gasteiger partial charge on any atom is -0.480 e. The highest BCUT2D eigenvalue weighted by Crippen LogP contribution is 2.14. The Morgan fingerprint density at radius 1 is 0.862 bits per heavy atom. The van der Waals surface area contributed by atoms with Gasteiger partial charge in [-0.15, -0.1) is 0 Å². The zero-order chi connectivity index (χ0) is 21.7. The molecule has 0 aliphatic carbocycles. The van der Waals surface area contributed by atoms with Crippen molar-refractivity contribution in [3.8, 4) is 0 Å². The maximum Gasteiger partial charge on any atom is 0.327 e. The van der Waals surface area contributed by atoms with Crippen molar-refractivity contribution in [2.75, 3.05) is 5.75 Å². The summed E-state index contributed by atoms with van der Waals surface area (Å²) in [6, 6.07) is -1.00. The van der Waals surface area contributed by atoms with Gasteiger partial charge in [0.2, 0.25) is 5.91 Å². The third-order valence-corrected chi connectivity index (χ3v) is 5.76. The number of rotatable bonds is 19. The molecule has 5 nitrogen and oxygen atoms in total. The molecule has 0 spiro atoms. The molecule has 0 bridgehead atoms. The lowest BCUT2D eigenvalue weighted by Gasteiger charge is -2.11. The summed E-state index contributed by atoms with van der Waals surface area (Å²) >= 11 is 0.998. The molecule has 0 aromatic heterocycles. The van der Waals surface area contributed by atoms with E-state index < -0.39 is 17.9 Å². The number of hydrogen-bond acceptors (Lipinski definition) is 4. The third kappa shape index (κ3) is 19.8. The summed E-state index contributed by atoms with van der Waals surface area (Å²) in [5, 5.41) is 11.3. The molecule has 2 N–H and O–H groups in total. The second-order valence-corrected chi connectivity index (χ2v) is 8.69. The molecule has 0 heterocycles. The van der Waals surface area contributed by atoms with Crippen LogP contribution in [0.25, 0.3) is 0 Å². The van der Waals surface area contributed by atoms with Crippen LogP contribution in [0, 0.1) is 0 Å². The van der Waals surface area contributed by atoms with Crippen LogP contribution in [-0.2, 0) is 14.4 Å². The fourth-order valence-electron chi connectivity index (χ4n) is 3.01. The summed E-state index contributed by atoms with van der Waals surface area (Å²) in [6.07, 6.45) is 20.9.